The predicted molar refractivity (Wildman–Crippen MR) is 109 cm³/mol. The number of aliphatic carboxylic acids is 1. The summed E-state index contributed by atoms with van der Waals surface area (Å²) < 4.78 is 5.60. The first kappa shape index (κ1) is 18.2. The number of carbonyl (C=O) groups is 2. The van der Waals surface area contributed by atoms with Crippen molar-refractivity contribution >= 4 is 12.1 Å². The topological polar surface area (TPSA) is 75.6 Å². The molecule has 2 N–H and O–H groups in total. The second-order valence-electron chi connectivity index (χ2n) is 8.76. The first-order valence-corrected chi connectivity index (χ1v) is 10.4. The largest absolute Gasteiger partial charge is 0.481 e. The van der Waals surface area contributed by atoms with Gasteiger partial charge in [0.05, 0.1) is 5.92 Å². The number of hydrogen-bond donors (Lipinski definition) is 2. The van der Waals surface area contributed by atoms with E-state index in [0.29, 0.717) is 12.8 Å². The highest BCUT2D eigenvalue weighted by molar-refractivity contribution is 5.79. The standard InChI is InChI=1S/C24H25NO4/c26-22(27)19-13-24(11-12-24)10-9-21(19)25-23(28)29-14-20-17-7-3-1-5-15(17)16-6-2-4-8-18(16)20/h1-8,19-21H,9-14H2,(H,25,28)(H,26,27). The number of amides is 1. The number of carboxylic acids is 1. The molecule has 2 unspecified atom stereocenters. The summed E-state index contributed by atoms with van der Waals surface area (Å²) in [5.41, 5.74) is 4.93. The van der Waals surface area contributed by atoms with Crippen LogP contribution in [0.4, 0.5) is 4.79 Å². The number of nitrogens with one attached hydrogen (secondary N) is 1. The Morgan fingerprint density at radius 3 is 2.21 bits per heavy atom. The molecule has 2 fully saturated rings. The van der Waals surface area contributed by atoms with Crippen molar-refractivity contribution in [3.05, 3.63) is 59.7 Å². The molecule has 3 aliphatic rings. The van der Waals surface area contributed by atoms with Gasteiger partial charge in [-0.2, -0.15) is 0 Å². The van der Waals surface area contributed by atoms with Gasteiger partial charge in [0, 0.05) is 12.0 Å². The minimum atomic E-state index is -0.820. The summed E-state index contributed by atoms with van der Waals surface area (Å²) in [6.07, 6.45) is 4.08. The van der Waals surface area contributed by atoms with Crippen molar-refractivity contribution in [2.24, 2.45) is 11.3 Å². The number of carbonyl (C=O) groups excluding carboxylic acids is 1. The second-order valence-corrected chi connectivity index (χ2v) is 8.76. The van der Waals surface area contributed by atoms with Crippen molar-refractivity contribution in [3.8, 4) is 11.1 Å². The molecule has 5 nitrogen and oxygen atoms in total. The van der Waals surface area contributed by atoms with Crippen LogP contribution < -0.4 is 5.32 Å². The van der Waals surface area contributed by atoms with Gasteiger partial charge in [-0.25, -0.2) is 4.79 Å². The Bertz CT molecular complexity index is 919. The van der Waals surface area contributed by atoms with Crippen LogP contribution in [-0.4, -0.2) is 29.8 Å². The first-order chi connectivity index (χ1) is 14.1. The minimum absolute atomic E-state index is 0.00418. The molecule has 0 radical (unpaired) electrons. The van der Waals surface area contributed by atoms with Crippen LogP contribution in [0.2, 0.25) is 0 Å². The van der Waals surface area contributed by atoms with Crippen molar-refractivity contribution in [1.82, 2.24) is 5.32 Å². The van der Waals surface area contributed by atoms with Crippen LogP contribution >= 0.6 is 0 Å². The van der Waals surface area contributed by atoms with Gasteiger partial charge in [-0.15, -0.1) is 0 Å². The smallest absolute Gasteiger partial charge is 0.407 e. The van der Waals surface area contributed by atoms with Gasteiger partial charge in [-0.1, -0.05) is 48.5 Å². The zero-order valence-corrected chi connectivity index (χ0v) is 16.3. The van der Waals surface area contributed by atoms with Gasteiger partial charge in [0.2, 0.25) is 0 Å². The van der Waals surface area contributed by atoms with Crippen LogP contribution in [0.3, 0.4) is 0 Å². The molecule has 5 rings (SSSR count). The SMILES string of the molecule is O=C(NC1CCC2(CC2)CC1C(=O)O)OCC1c2ccccc2-c2ccccc21. The van der Waals surface area contributed by atoms with Gasteiger partial charge in [-0.3, -0.25) is 4.79 Å². The summed E-state index contributed by atoms with van der Waals surface area (Å²) in [4.78, 5) is 24.2. The van der Waals surface area contributed by atoms with Crippen LogP contribution in [0.1, 0.15) is 49.1 Å². The van der Waals surface area contributed by atoms with Gasteiger partial charge in [0.15, 0.2) is 0 Å². The zero-order valence-electron chi connectivity index (χ0n) is 16.3. The molecule has 0 aliphatic heterocycles. The van der Waals surface area contributed by atoms with E-state index < -0.39 is 18.0 Å². The number of hydrogen-bond acceptors (Lipinski definition) is 3. The first-order valence-electron chi connectivity index (χ1n) is 10.4. The molecule has 1 amide bonds. The van der Waals surface area contributed by atoms with Crippen molar-refractivity contribution in [1.29, 1.82) is 0 Å². The Kier molecular flexibility index (Phi) is 4.34. The van der Waals surface area contributed by atoms with Crippen LogP contribution in [0.25, 0.3) is 11.1 Å². The maximum absolute atomic E-state index is 12.5. The highest BCUT2D eigenvalue weighted by Gasteiger charge is 2.51. The van der Waals surface area contributed by atoms with E-state index in [9.17, 15) is 14.7 Å². The molecule has 2 aromatic rings. The highest BCUT2D eigenvalue weighted by atomic mass is 16.5. The minimum Gasteiger partial charge on any atom is -0.481 e. The summed E-state index contributed by atoms with van der Waals surface area (Å²) >= 11 is 0. The third kappa shape index (κ3) is 3.28. The molecular formula is C24H25NO4. The maximum atomic E-state index is 12.5. The molecule has 2 aromatic carbocycles. The normalized spacial score (nSPS) is 23.9. The molecule has 2 saturated carbocycles. The maximum Gasteiger partial charge on any atom is 0.407 e. The molecule has 0 aromatic heterocycles. The lowest BCUT2D eigenvalue weighted by molar-refractivity contribution is -0.144. The fourth-order valence-corrected chi connectivity index (χ4v) is 5.23. The van der Waals surface area contributed by atoms with Crippen LogP contribution in [0.5, 0.6) is 0 Å². The molecule has 29 heavy (non-hydrogen) atoms. The molecule has 3 aliphatic carbocycles. The van der Waals surface area contributed by atoms with Crippen LogP contribution in [-0.2, 0) is 9.53 Å². The molecule has 0 saturated heterocycles. The van der Waals surface area contributed by atoms with E-state index in [0.717, 1.165) is 19.3 Å². The average Bonchev–Trinajstić information content (AvgIpc) is 3.41. The summed E-state index contributed by atoms with van der Waals surface area (Å²) in [5.74, 6) is -1.34. The lowest BCUT2D eigenvalue weighted by Gasteiger charge is -2.34. The Hall–Kier alpha value is -2.82. The van der Waals surface area contributed by atoms with E-state index in [2.05, 4.69) is 29.6 Å². The average molecular weight is 391 g/mol. The van der Waals surface area contributed by atoms with Crippen molar-refractivity contribution in [2.75, 3.05) is 6.61 Å². The predicted octanol–water partition coefficient (Wildman–Crippen LogP) is 4.56. The van der Waals surface area contributed by atoms with E-state index in [1.54, 1.807) is 0 Å². The number of benzene rings is 2. The molecular weight excluding hydrogens is 366 g/mol. The van der Waals surface area contributed by atoms with Crippen molar-refractivity contribution in [3.63, 3.8) is 0 Å². The molecule has 0 bridgehead atoms. The zero-order chi connectivity index (χ0) is 20.0. The van der Waals surface area contributed by atoms with Crippen molar-refractivity contribution < 1.29 is 19.4 Å². The van der Waals surface area contributed by atoms with Gasteiger partial charge in [-0.05, 0) is 59.8 Å². The quantitative estimate of drug-likeness (QED) is 0.801. The van der Waals surface area contributed by atoms with Crippen LogP contribution in [0, 0.1) is 11.3 Å². The van der Waals surface area contributed by atoms with Crippen LogP contribution in [0.15, 0.2) is 48.5 Å². The molecule has 5 heteroatoms. The molecule has 150 valence electrons. The monoisotopic (exact) mass is 391 g/mol. The Morgan fingerprint density at radius 1 is 1.00 bits per heavy atom. The summed E-state index contributed by atoms with van der Waals surface area (Å²) in [6.45, 7) is 0.244. The third-order valence-corrected chi connectivity index (χ3v) is 7.05. The van der Waals surface area contributed by atoms with Gasteiger partial charge in [0.25, 0.3) is 0 Å². The fourth-order valence-electron chi connectivity index (χ4n) is 5.23. The highest BCUT2D eigenvalue weighted by Crippen LogP contribution is 2.57. The Balaban J connectivity index is 1.26. The summed E-state index contributed by atoms with van der Waals surface area (Å²) in [6, 6.07) is 16.1. The second kappa shape index (κ2) is 6.90. The van der Waals surface area contributed by atoms with E-state index in [1.807, 2.05) is 24.3 Å². The third-order valence-electron chi connectivity index (χ3n) is 7.05. The van der Waals surface area contributed by atoms with Gasteiger partial charge in [0.1, 0.15) is 6.61 Å². The Labute approximate surface area is 170 Å². The summed E-state index contributed by atoms with van der Waals surface area (Å²) in [7, 11) is 0. The lowest BCUT2D eigenvalue weighted by Crippen LogP contribution is -2.47. The number of carboxylic acid groups (broad SMARTS) is 1. The number of ether oxygens (including phenoxy) is 1. The van der Waals surface area contributed by atoms with Gasteiger partial charge < -0.3 is 15.2 Å². The number of fused-ring (bicyclic) bond motifs is 3. The molecule has 1 spiro atoms. The molecule has 2 atom stereocenters. The summed E-state index contributed by atoms with van der Waals surface area (Å²) in [5, 5.41) is 12.5. The number of rotatable bonds is 4. The van der Waals surface area contributed by atoms with E-state index in [-0.39, 0.29) is 24.0 Å². The fraction of sp³-hybridized carbons (Fsp3) is 0.417. The Morgan fingerprint density at radius 2 is 1.62 bits per heavy atom. The van der Waals surface area contributed by atoms with E-state index >= 15 is 0 Å². The lowest BCUT2D eigenvalue weighted by atomic mass is 9.76. The van der Waals surface area contributed by atoms with E-state index in [4.69, 9.17) is 4.74 Å². The van der Waals surface area contributed by atoms with Gasteiger partial charge >= 0.3 is 12.1 Å². The van der Waals surface area contributed by atoms with Crippen molar-refractivity contribution in [2.45, 2.75) is 44.1 Å². The molecule has 0 heterocycles. The van der Waals surface area contributed by atoms with E-state index in [1.165, 1.54) is 22.3 Å². The number of alkyl carbamates (subject to hydrolysis) is 1.